The predicted octanol–water partition coefficient (Wildman–Crippen LogP) is 4.70. The number of fused-ring (bicyclic) bond motifs is 1. The first kappa shape index (κ1) is 15.3. The molecule has 0 aliphatic carbocycles. The first-order chi connectivity index (χ1) is 10.6. The Balaban J connectivity index is 1.98. The summed E-state index contributed by atoms with van der Waals surface area (Å²) in [5, 5.41) is 2.33. The molecule has 0 atom stereocenters. The van der Waals surface area contributed by atoms with Gasteiger partial charge in [0.05, 0.1) is 4.91 Å². The Bertz CT molecular complexity index is 774. The number of thiocarbonyl (C=S) groups is 1. The third kappa shape index (κ3) is 2.94. The summed E-state index contributed by atoms with van der Waals surface area (Å²) in [5.74, 6) is 0.427. The van der Waals surface area contributed by atoms with Crippen LogP contribution in [0.5, 0.6) is 0 Å². The Hall–Kier alpha value is -1.65. The number of rotatable bonds is 3. The predicted molar refractivity (Wildman–Crippen MR) is 98.7 cm³/mol. The van der Waals surface area contributed by atoms with Crippen LogP contribution >= 0.6 is 24.0 Å². The van der Waals surface area contributed by atoms with Crippen molar-refractivity contribution in [1.82, 2.24) is 4.90 Å². The Kier molecular flexibility index (Phi) is 4.32. The molecule has 22 heavy (non-hydrogen) atoms. The molecule has 3 rings (SSSR count). The zero-order valence-corrected chi connectivity index (χ0v) is 14.2. The van der Waals surface area contributed by atoms with Gasteiger partial charge in [0.2, 0.25) is 0 Å². The lowest BCUT2D eigenvalue weighted by Crippen LogP contribution is -2.31. The summed E-state index contributed by atoms with van der Waals surface area (Å²) in [6.45, 7) is 4.86. The lowest BCUT2D eigenvalue weighted by molar-refractivity contribution is -0.122. The van der Waals surface area contributed by atoms with Crippen LogP contribution in [0.1, 0.15) is 19.4 Å². The largest absolute Gasteiger partial charge is 0.293 e. The minimum atomic E-state index is 0.0247. The molecule has 1 heterocycles. The average Bonchev–Trinajstić information content (AvgIpc) is 2.75. The molecule has 0 spiro atoms. The highest BCUT2D eigenvalue weighted by Gasteiger charge is 2.32. The molecule has 1 fully saturated rings. The van der Waals surface area contributed by atoms with Gasteiger partial charge in [0, 0.05) is 6.54 Å². The summed E-state index contributed by atoms with van der Waals surface area (Å²) < 4.78 is 0.658. The molecule has 1 amide bonds. The van der Waals surface area contributed by atoms with Gasteiger partial charge in [-0.25, -0.2) is 0 Å². The zero-order chi connectivity index (χ0) is 15.7. The van der Waals surface area contributed by atoms with Crippen molar-refractivity contribution in [3.63, 3.8) is 0 Å². The maximum absolute atomic E-state index is 12.5. The zero-order valence-electron chi connectivity index (χ0n) is 12.6. The second-order valence-corrected chi connectivity index (χ2v) is 7.43. The van der Waals surface area contributed by atoms with Crippen LogP contribution in [0, 0.1) is 5.92 Å². The van der Waals surface area contributed by atoms with E-state index >= 15 is 0 Å². The molecule has 2 aromatic carbocycles. The van der Waals surface area contributed by atoms with Gasteiger partial charge in [0.1, 0.15) is 4.32 Å². The van der Waals surface area contributed by atoms with E-state index in [0.29, 0.717) is 21.7 Å². The Morgan fingerprint density at radius 2 is 1.91 bits per heavy atom. The van der Waals surface area contributed by atoms with Gasteiger partial charge in [-0.1, -0.05) is 80.3 Å². The molecule has 0 radical (unpaired) electrons. The van der Waals surface area contributed by atoms with E-state index in [9.17, 15) is 4.79 Å². The molecular formula is C18H17NOS2. The van der Waals surface area contributed by atoms with Crippen molar-refractivity contribution in [2.75, 3.05) is 6.54 Å². The van der Waals surface area contributed by atoms with E-state index in [0.717, 1.165) is 10.9 Å². The monoisotopic (exact) mass is 327 g/mol. The van der Waals surface area contributed by atoms with Gasteiger partial charge in [-0.3, -0.25) is 9.69 Å². The van der Waals surface area contributed by atoms with Crippen molar-refractivity contribution >= 4 is 51.1 Å². The second kappa shape index (κ2) is 6.23. The fourth-order valence-corrected chi connectivity index (χ4v) is 3.81. The summed E-state index contributed by atoms with van der Waals surface area (Å²) in [6.07, 6.45) is 1.96. The van der Waals surface area contributed by atoms with Gasteiger partial charge < -0.3 is 0 Å². The molecule has 0 N–H and O–H groups in total. The van der Waals surface area contributed by atoms with Gasteiger partial charge in [-0.05, 0) is 28.3 Å². The summed E-state index contributed by atoms with van der Waals surface area (Å²) >= 11 is 6.75. The van der Waals surface area contributed by atoms with Crippen LogP contribution in [0.2, 0.25) is 0 Å². The molecule has 1 aliphatic heterocycles. The molecule has 112 valence electrons. The maximum atomic E-state index is 12.5. The highest BCUT2D eigenvalue weighted by Crippen LogP contribution is 2.34. The topological polar surface area (TPSA) is 20.3 Å². The number of carbonyl (C=O) groups excluding carboxylic acids is 1. The maximum Gasteiger partial charge on any atom is 0.266 e. The number of benzene rings is 2. The van der Waals surface area contributed by atoms with E-state index in [-0.39, 0.29) is 5.91 Å². The van der Waals surface area contributed by atoms with Crippen molar-refractivity contribution in [3.05, 3.63) is 52.9 Å². The number of thioether (sulfide) groups is 1. The first-order valence-electron chi connectivity index (χ1n) is 7.29. The minimum Gasteiger partial charge on any atom is -0.293 e. The Morgan fingerprint density at radius 3 is 2.68 bits per heavy atom. The van der Waals surface area contributed by atoms with E-state index < -0.39 is 0 Å². The second-order valence-electron chi connectivity index (χ2n) is 5.75. The number of hydrogen-bond acceptors (Lipinski definition) is 3. The van der Waals surface area contributed by atoms with E-state index in [4.69, 9.17) is 12.2 Å². The third-order valence-corrected chi connectivity index (χ3v) is 4.91. The van der Waals surface area contributed by atoms with Crippen LogP contribution in [0.4, 0.5) is 0 Å². The van der Waals surface area contributed by atoms with Gasteiger partial charge in [-0.15, -0.1) is 0 Å². The van der Waals surface area contributed by atoms with E-state index in [2.05, 4.69) is 32.0 Å². The van der Waals surface area contributed by atoms with Gasteiger partial charge >= 0.3 is 0 Å². The van der Waals surface area contributed by atoms with Crippen LogP contribution in [0.15, 0.2) is 47.4 Å². The molecule has 1 aliphatic rings. The molecular weight excluding hydrogens is 310 g/mol. The van der Waals surface area contributed by atoms with Crippen LogP contribution in [-0.4, -0.2) is 21.7 Å². The van der Waals surface area contributed by atoms with E-state index in [1.807, 2.05) is 30.3 Å². The Morgan fingerprint density at radius 1 is 1.18 bits per heavy atom. The summed E-state index contributed by atoms with van der Waals surface area (Å²) in [7, 11) is 0. The molecule has 1 saturated heterocycles. The normalized spacial score (nSPS) is 17.2. The first-order valence-corrected chi connectivity index (χ1v) is 8.52. The molecule has 2 aromatic rings. The quantitative estimate of drug-likeness (QED) is 0.602. The van der Waals surface area contributed by atoms with Crippen LogP contribution in [0.3, 0.4) is 0 Å². The highest BCUT2D eigenvalue weighted by atomic mass is 32.2. The van der Waals surface area contributed by atoms with Crippen LogP contribution in [0.25, 0.3) is 16.8 Å². The number of nitrogens with zero attached hydrogens (tertiary/aromatic N) is 1. The van der Waals surface area contributed by atoms with Crippen molar-refractivity contribution in [2.45, 2.75) is 13.8 Å². The number of carbonyl (C=O) groups is 1. The minimum absolute atomic E-state index is 0.0247. The standard InChI is InChI=1S/C18H17NOS2/c1-12(2)11-19-17(20)16(22-18(19)21)10-14-8-5-7-13-6-3-4-9-15(13)14/h3-10,12H,11H2,1-2H3/b16-10-. The van der Waals surface area contributed by atoms with Crippen molar-refractivity contribution in [1.29, 1.82) is 0 Å². The van der Waals surface area contributed by atoms with E-state index in [1.54, 1.807) is 4.90 Å². The lowest BCUT2D eigenvalue weighted by Gasteiger charge is -2.16. The average molecular weight is 327 g/mol. The fourth-order valence-electron chi connectivity index (χ4n) is 2.54. The summed E-state index contributed by atoms with van der Waals surface area (Å²) in [5.41, 5.74) is 1.06. The van der Waals surface area contributed by atoms with Gasteiger partial charge in [0.15, 0.2) is 0 Å². The summed E-state index contributed by atoms with van der Waals surface area (Å²) in [4.78, 5) is 15.0. The number of hydrogen-bond donors (Lipinski definition) is 0. The van der Waals surface area contributed by atoms with E-state index in [1.165, 1.54) is 17.1 Å². The third-order valence-electron chi connectivity index (χ3n) is 3.53. The van der Waals surface area contributed by atoms with Crippen molar-refractivity contribution in [3.8, 4) is 0 Å². The molecule has 0 saturated carbocycles. The Labute approximate surface area is 140 Å². The number of amides is 1. The SMILES string of the molecule is CC(C)CN1C(=O)/C(=C/c2cccc3ccccc23)SC1=S. The van der Waals surface area contributed by atoms with Crippen molar-refractivity contribution < 1.29 is 4.79 Å². The van der Waals surface area contributed by atoms with Crippen LogP contribution < -0.4 is 0 Å². The smallest absolute Gasteiger partial charge is 0.266 e. The lowest BCUT2D eigenvalue weighted by atomic mass is 10.0. The fraction of sp³-hybridized carbons (Fsp3) is 0.222. The molecule has 2 nitrogen and oxygen atoms in total. The van der Waals surface area contributed by atoms with Crippen molar-refractivity contribution in [2.24, 2.45) is 5.92 Å². The van der Waals surface area contributed by atoms with Gasteiger partial charge in [0.25, 0.3) is 5.91 Å². The molecule has 0 unspecified atom stereocenters. The van der Waals surface area contributed by atoms with Gasteiger partial charge in [-0.2, -0.15) is 0 Å². The molecule has 0 bridgehead atoms. The molecule has 4 heteroatoms. The summed E-state index contributed by atoms with van der Waals surface area (Å²) in [6, 6.07) is 14.3. The highest BCUT2D eigenvalue weighted by molar-refractivity contribution is 8.26. The van der Waals surface area contributed by atoms with Crippen LogP contribution in [-0.2, 0) is 4.79 Å². The molecule has 0 aromatic heterocycles.